The molecule has 1 heterocycles. The Hall–Kier alpha value is -1.55. The number of rotatable bonds is 6. The molecule has 1 saturated carbocycles. The third-order valence-electron chi connectivity index (χ3n) is 4.63. The smallest absolute Gasteiger partial charge is 0.224 e. The van der Waals surface area contributed by atoms with Crippen LogP contribution in [-0.2, 0) is 4.79 Å². The van der Waals surface area contributed by atoms with Gasteiger partial charge < -0.3 is 15.4 Å². The van der Waals surface area contributed by atoms with Crippen LogP contribution < -0.4 is 15.4 Å². The summed E-state index contributed by atoms with van der Waals surface area (Å²) in [6.45, 7) is 1.09. The molecule has 4 heteroatoms. The number of carbonyl (C=O) groups is 1. The van der Waals surface area contributed by atoms with E-state index < -0.39 is 0 Å². The number of nitrogens with one attached hydrogen (secondary N) is 2. The monoisotopic (exact) mass is 302 g/mol. The highest BCUT2D eigenvalue weighted by Crippen LogP contribution is 2.25. The number of hydrogen-bond acceptors (Lipinski definition) is 3. The van der Waals surface area contributed by atoms with Crippen molar-refractivity contribution in [2.75, 3.05) is 11.9 Å². The summed E-state index contributed by atoms with van der Waals surface area (Å²) >= 11 is 0. The first-order valence-electron chi connectivity index (χ1n) is 8.59. The average molecular weight is 302 g/mol. The molecule has 2 fully saturated rings. The van der Waals surface area contributed by atoms with Crippen molar-refractivity contribution in [3.8, 4) is 5.75 Å². The van der Waals surface area contributed by atoms with E-state index in [9.17, 15) is 4.79 Å². The molecule has 2 N–H and O–H groups in total. The van der Waals surface area contributed by atoms with Gasteiger partial charge in [-0.1, -0.05) is 0 Å². The van der Waals surface area contributed by atoms with E-state index in [0.717, 1.165) is 37.2 Å². The van der Waals surface area contributed by atoms with Gasteiger partial charge in [-0.3, -0.25) is 4.79 Å². The fraction of sp³-hybridized carbons (Fsp3) is 0.611. The van der Waals surface area contributed by atoms with Crippen LogP contribution in [0.25, 0.3) is 0 Å². The molecule has 0 spiro atoms. The number of ether oxygens (including phenoxy) is 1. The number of anilines is 1. The van der Waals surface area contributed by atoms with E-state index in [0.29, 0.717) is 18.6 Å². The van der Waals surface area contributed by atoms with Crippen LogP contribution in [0.1, 0.15) is 51.4 Å². The molecule has 1 aliphatic heterocycles. The second-order valence-corrected chi connectivity index (χ2v) is 6.43. The minimum atomic E-state index is 0.0955. The normalized spacial score (nSPS) is 21.9. The van der Waals surface area contributed by atoms with Crippen molar-refractivity contribution in [2.45, 2.75) is 63.5 Å². The van der Waals surface area contributed by atoms with Crippen LogP contribution in [0.2, 0.25) is 0 Å². The Morgan fingerprint density at radius 3 is 2.59 bits per heavy atom. The SMILES string of the molecule is O=C(CCC1CCCN1)Nc1ccc(OC2CCCC2)cc1. The van der Waals surface area contributed by atoms with Crippen molar-refractivity contribution in [3.05, 3.63) is 24.3 Å². The van der Waals surface area contributed by atoms with Gasteiger partial charge in [-0.2, -0.15) is 0 Å². The standard InChI is InChI=1S/C18H26N2O2/c21-18(12-9-14-4-3-13-19-14)20-15-7-10-17(11-8-15)22-16-5-1-2-6-16/h7-8,10-11,14,16,19H,1-6,9,12-13H2,(H,20,21). The fourth-order valence-electron chi connectivity index (χ4n) is 3.35. The van der Waals surface area contributed by atoms with Crippen LogP contribution >= 0.6 is 0 Å². The second-order valence-electron chi connectivity index (χ2n) is 6.43. The van der Waals surface area contributed by atoms with Gasteiger partial charge >= 0.3 is 0 Å². The molecule has 1 aliphatic carbocycles. The lowest BCUT2D eigenvalue weighted by Gasteiger charge is -2.14. The minimum Gasteiger partial charge on any atom is -0.490 e. The fourth-order valence-corrected chi connectivity index (χ4v) is 3.35. The Balaban J connectivity index is 1.42. The predicted molar refractivity (Wildman–Crippen MR) is 88.2 cm³/mol. The van der Waals surface area contributed by atoms with Crippen molar-refractivity contribution in [3.63, 3.8) is 0 Å². The molecule has 1 aromatic carbocycles. The number of carbonyl (C=O) groups excluding carboxylic acids is 1. The van der Waals surface area contributed by atoms with Gasteiger partial charge in [0.25, 0.3) is 0 Å². The van der Waals surface area contributed by atoms with Crippen molar-refractivity contribution < 1.29 is 9.53 Å². The molecule has 2 aliphatic rings. The van der Waals surface area contributed by atoms with Crippen molar-refractivity contribution in [2.24, 2.45) is 0 Å². The maximum atomic E-state index is 12.0. The first kappa shape index (κ1) is 15.3. The molecule has 1 amide bonds. The Kier molecular flexibility index (Phi) is 5.33. The molecule has 4 nitrogen and oxygen atoms in total. The lowest BCUT2D eigenvalue weighted by molar-refractivity contribution is -0.116. The van der Waals surface area contributed by atoms with E-state index in [1.807, 2.05) is 24.3 Å². The molecule has 0 radical (unpaired) electrons. The summed E-state index contributed by atoms with van der Waals surface area (Å²) in [7, 11) is 0. The third-order valence-corrected chi connectivity index (χ3v) is 4.63. The van der Waals surface area contributed by atoms with E-state index in [4.69, 9.17) is 4.74 Å². The highest BCUT2D eigenvalue weighted by Gasteiger charge is 2.17. The molecule has 0 aromatic heterocycles. The van der Waals surface area contributed by atoms with Gasteiger partial charge in [0.1, 0.15) is 5.75 Å². The molecule has 1 unspecified atom stereocenters. The molecule has 1 aromatic rings. The van der Waals surface area contributed by atoms with Crippen LogP contribution in [0.15, 0.2) is 24.3 Å². The zero-order chi connectivity index (χ0) is 15.2. The van der Waals surface area contributed by atoms with Crippen LogP contribution in [0, 0.1) is 0 Å². The first-order chi connectivity index (χ1) is 10.8. The quantitative estimate of drug-likeness (QED) is 0.846. The van der Waals surface area contributed by atoms with Crippen LogP contribution in [0.4, 0.5) is 5.69 Å². The van der Waals surface area contributed by atoms with Gasteiger partial charge in [-0.15, -0.1) is 0 Å². The summed E-state index contributed by atoms with van der Waals surface area (Å²) in [4.78, 5) is 12.0. The minimum absolute atomic E-state index is 0.0955. The van der Waals surface area contributed by atoms with E-state index >= 15 is 0 Å². The third kappa shape index (κ3) is 4.47. The molecular weight excluding hydrogens is 276 g/mol. The van der Waals surface area contributed by atoms with E-state index in [1.54, 1.807) is 0 Å². The van der Waals surface area contributed by atoms with Crippen molar-refractivity contribution in [1.82, 2.24) is 5.32 Å². The number of hydrogen-bond donors (Lipinski definition) is 2. The summed E-state index contributed by atoms with van der Waals surface area (Å²) in [6.07, 6.45) is 9.17. The van der Waals surface area contributed by atoms with E-state index in [1.165, 1.54) is 25.7 Å². The Morgan fingerprint density at radius 2 is 1.91 bits per heavy atom. The second kappa shape index (κ2) is 7.63. The lowest BCUT2D eigenvalue weighted by atomic mass is 10.1. The van der Waals surface area contributed by atoms with Crippen molar-refractivity contribution in [1.29, 1.82) is 0 Å². The summed E-state index contributed by atoms with van der Waals surface area (Å²) in [5, 5.41) is 6.39. The van der Waals surface area contributed by atoms with Gasteiger partial charge in [0.2, 0.25) is 5.91 Å². The van der Waals surface area contributed by atoms with Crippen LogP contribution in [0.5, 0.6) is 5.75 Å². The highest BCUT2D eigenvalue weighted by molar-refractivity contribution is 5.90. The first-order valence-corrected chi connectivity index (χ1v) is 8.59. The van der Waals surface area contributed by atoms with E-state index in [2.05, 4.69) is 10.6 Å². The largest absolute Gasteiger partial charge is 0.490 e. The Bertz CT molecular complexity index is 474. The van der Waals surface area contributed by atoms with Gasteiger partial charge in [0.05, 0.1) is 6.10 Å². The van der Waals surface area contributed by atoms with Gasteiger partial charge in [0.15, 0.2) is 0 Å². The van der Waals surface area contributed by atoms with Crippen molar-refractivity contribution >= 4 is 11.6 Å². The molecule has 22 heavy (non-hydrogen) atoms. The summed E-state index contributed by atoms with van der Waals surface area (Å²) in [5.74, 6) is 0.998. The molecule has 3 rings (SSSR count). The summed E-state index contributed by atoms with van der Waals surface area (Å²) in [5.41, 5.74) is 0.850. The lowest BCUT2D eigenvalue weighted by Crippen LogP contribution is -2.23. The van der Waals surface area contributed by atoms with Crippen LogP contribution in [-0.4, -0.2) is 24.6 Å². The topological polar surface area (TPSA) is 50.4 Å². The Labute approximate surface area is 132 Å². The van der Waals surface area contributed by atoms with E-state index in [-0.39, 0.29) is 5.91 Å². The zero-order valence-electron chi connectivity index (χ0n) is 13.1. The number of benzene rings is 1. The predicted octanol–water partition coefficient (Wildman–Crippen LogP) is 3.48. The highest BCUT2D eigenvalue weighted by atomic mass is 16.5. The molecule has 1 saturated heterocycles. The maximum absolute atomic E-state index is 12.0. The Morgan fingerprint density at radius 1 is 1.14 bits per heavy atom. The summed E-state index contributed by atoms with van der Waals surface area (Å²) in [6, 6.07) is 8.28. The molecule has 120 valence electrons. The zero-order valence-corrected chi connectivity index (χ0v) is 13.1. The number of amides is 1. The van der Waals surface area contributed by atoms with Gasteiger partial charge in [-0.25, -0.2) is 0 Å². The van der Waals surface area contributed by atoms with Gasteiger partial charge in [0, 0.05) is 18.2 Å². The average Bonchev–Trinajstić information content (AvgIpc) is 3.20. The molecular formula is C18H26N2O2. The van der Waals surface area contributed by atoms with Crippen LogP contribution in [0.3, 0.4) is 0 Å². The molecule has 1 atom stereocenters. The van der Waals surface area contributed by atoms with Gasteiger partial charge in [-0.05, 0) is 75.8 Å². The summed E-state index contributed by atoms with van der Waals surface area (Å²) < 4.78 is 5.93. The molecule has 0 bridgehead atoms. The maximum Gasteiger partial charge on any atom is 0.224 e.